The second-order valence-electron chi connectivity index (χ2n) is 8.09. The van der Waals surface area contributed by atoms with Crippen LogP contribution in [0.5, 0.6) is 0 Å². The van der Waals surface area contributed by atoms with Crippen LogP contribution in [-0.4, -0.2) is 54.2 Å². The molecule has 1 amide bonds. The number of nitrogens with two attached hydrogens (primary N) is 1. The third-order valence-corrected chi connectivity index (χ3v) is 6.98. The molecule has 2 aromatic carbocycles. The second-order valence-corrected chi connectivity index (χ2v) is 9.74. The van der Waals surface area contributed by atoms with E-state index in [0.29, 0.717) is 29.7 Å². The third-order valence-electron chi connectivity index (χ3n) is 5.72. The van der Waals surface area contributed by atoms with Gasteiger partial charge in [0.15, 0.2) is 0 Å². The quantitative estimate of drug-likeness (QED) is 0.172. The van der Waals surface area contributed by atoms with Crippen molar-refractivity contribution in [3.8, 4) is 0 Å². The maximum atomic E-state index is 13.1. The first-order valence-corrected chi connectivity index (χ1v) is 12.8. The van der Waals surface area contributed by atoms with Crippen LogP contribution in [-0.2, 0) is 6.42 Å². The molecule has 6 N–H and O–H groups in total. The molecule has 1 heterocycles. The highest BCUT2D eigenvalue weighted by molar-refractivity contribution is 7.98. The lowest BCUT2D eigenvalue weighted by Crippen LogP contribution is -2.44. The van der Waals surface area contributed by atoms with Crippen molar-refractivity contribution in [1.82, 2.24) is 10.6 Å². The van der Waals surface area contributed by atoms with Crippen molar-refractivity contribution in [2.24, 2.45) is 5.73 Å². The lowest BCUT2D eigenvalue weighted by molar-refractivity contribution is 0.0945. The van der Waals surface area contributed by atoms with Crippen LogP contribution in [0, 0.1) is 5.41 Å². The zero-order valence-corrected chi connectivity index (χ0v) is 20.1. The van der Waals surface area contributed by atoms with Gasteiger partial charge < -0.3 is 21.7 Å². The molecule has 0 bridgehead atoms. The van der Waals surface area contributed by atoms with Gasteiger partial charge in [-0.3, -0.25) is 10.2 Å². The molecule has 0 radical (unpaired) electrons. The van der Waals surface area contributed by atoms with Crippen LogP contribution in [0.2, 0.25) is 0 Å². The SMILES string of the molecule is CSCC[C@H](NC(=O)c1ccc(NCC2NCCC2S)cc1Cc1ccccc1)C(=N)N. The van der Waals surface area contributed by atoms with E-state index in [1.54, 1.807) is 11.8 Å². The minimum absolute atomic E-state index is 0.0133. The van der Waals surface area contributed by atoms with Gasteiger partial charge in [0.25, 0.3) is 5.91 Å². The number of hydrogen-bond acceptors (Lipinski definition) is 6. The Balaban J connectivity index is 1.79. The monoisotopic (exact) mass is 471 g/mol. The van der Waals surface area contributed by atoms with Gasteiger partial charge in [-0.25, -0.2) is 0 Å². The van der Waals surface area contributed by atoms with Crippen LogP contribution >= 0.6 is 24.4 Å². The van der Waals surface area contributed by atoms with E-state index in [1.807, 2.05) is 36.6 Å². The molecule has 0 aromatic heterocycles. The Morgan fingerprint density at radius 1 is 1.31 bits per heavy atom. The summed E-state index contributed by atoms with van der Waals surface area (Å²) in [6.07, 6.45) is 4.35. The molecule has 0 saturated carbocycles. The molecule has 1 aliphatic rings. The largest absolute Gasteiger partial charge is 0.386 e. The van der Waals surface area contributed by atoms with Crippen molar-refractivity contribution in [2.75, 3.05) is 30.4 Å². The van der Waals surface area contributed by atoms with Crippen molar-refractivity contribution in [3.63, 3.8) is 0 Å². The molecule has 1 aliphatic heterocycles. The number of rotatable bonds is 11. The number of amides is 1. The molecule has 3 atom stereocenters. The average Bonchev–Trinajstić information content (AvgIpc) is 3.20. The normalized spacial score (nSPS) is 18.8. The Labute approximate surface area is 200 Å². The van der Waals surface area contributed by atoms with E-state index >= 15 is 0 Å². The first-order chi connectivity index (χ1) is 15.5. The molecule has 2 aromatic rings. The van der Waals surface area contributed by atoms with E-state index in [2.05, 4.69) is 46.8 Å². The Morgan fingerprint density at radius 2 is 2.09 bits per heavy atom. The van der Waals surface area contributed by atoms with E-state index in [4.69, 9.17) is 11.1 Å². The van der Waals surface area contributed by atoms with Gasteiger partial charge >= 0.3 is 0 Å². The highest BCUT2D eigenvalue weighted by atomic mass is 32.2. The van der Waals surface area contributed by atoms with Gasteiger partial charge in [-0.15, -0.1) is 0 Å². The Morgan fingerprint density at radius 3 is 2.75 bits per heavy atom. The van der Waals surface area contributed by atoms with Crippen molar-refractivity contribution >= 4 is 41.8 Å². The molecule has 2 unspecified atom stereocenters. The van der Waals surface area contributed by atoms with E-state index in [1.165, 1.54) is 0 Å². The minimum atomic E-state index is -0.460. The Bertz CT molecular complexity index is 909. The fourth-order valence-corrected chi connectivity index (χ4v) is 4.67. The second kappa shape index (κ2) is 12.2. The highest BCUT2D eigenvalue weighted by Gasteiger charge is 2.23. The first kappa shape index (κ1) is 24.5. The fourth-order valence-electron chi connectivity index (χ4n) is 3.85. The molecule has 32 heavy (non-hydrogen) atoms. The minimum Gasteiger partial charge on any atom is -0.386 e. The summed E-state index contributed by atoms with van der Waals surface area (Å²) < 4.78 is 0. The highest BCUT2D eigenvalue weighted by Crippen LogP contribution is 2.21. The molecular formula is C24H33N5OS2. The maximum absolute atomic E-state index is 13.1. The lowest BCUT2D eigenvalue weighted by Gasteiger charge is -2.20. The summed E-state index contributed by atoms with van der Waals surface area (Å²) in [6.45, 7) is 1.78. The van der Waals surface area contributed by atoms with Crippen LogP contribution in [0.25, 0.3) is 0 Å². The first-order valence-electron chi connectivity index (χ1n) is 10.9. The average molecular weight is 472 g/mol. The van der Waals surface area contributed by atoms with Gasteiger partial charge in [-0.05, 0) is 67.1 Å². The topological polar surface area (TPSA) is 103 Å². The van der Waals surface area contributed by atoms with Gasteiger partial charge in [0.05, 0.1) is 6.04 Å². The summed E-state index contributed by atoms with van der Waals surface area (Å²) in [5, 5.41) is 18.1. The number of thiol groups is 1. The van der Waals surface area contributed by atoms with Gasteiger partial charge in [-0.2, -0.15) is 24.4 Å². The van der Waals surface area contributed by atoms with Crippen LogP contribution < -0.4 is 21.7 Å². The lowest BCUT2D eigenvalue weighted by atomic mass is 9.98. The molecule has 0 aliphatic carbocycles. The Hall–Kier alpha value is -2.16. The van der Waals surface area contributed by atoms with E-state index in [0.717, 1.165) is 42.1 Å². The van der Waals surface area contributed by atoms with Crippen LogP contribution in [0.4, 0.5) is 5.69 Å². The summed E-state index contributed by atoms with van der Waals surface area (Å²) >= 11 is 6.32. The predicted molar refractivity (Wildman–Crippen MR) is 140 cm³/mol. The van der Waals surface area contributed by atoms with Crippen molar-refractivity contribution < 1.29 is 4.79 Å². The fraction of sp³-hybridized carbons (Fsp3) is 0.417. The Kier molecular flexibility index (Phi) is 9.32. The molecule has 1 saturated heterocycles. The molecule has 8 heteroatoms. The van der Waals surface area contributed by atoms with Crippen LogP contribution in [0.15, 0.2) is 48.5 Å². The third kappa shape index (κ3) is 6.92. The number of anilines is 1. The maximum Gasteiger partial charge on any atom is 0.252 e. The summed E-state index contributed by atoms with van der Waals surface area (Å²) in [7, 11) is 0. The summed E-state index contributed by atoms with van der Waals surface area (Å²) in [5.74, 6) is 0.614. The number of nitrogens with one attached hydrogen (secondary N) is 4. The molecular weight excluding hydrogens is 438 g/mol. The number of thioether (sulfide) groups is 1. The van der Waals surface area contributed by atoms with Crippen molar-refractivity contribution in [1.29, 1.82) is 5.41 Å². The molecule has 3 rings (SSSR count). The number of carbonyl (C=O) groups is 1. The van der Waals surface area contributed by atoms with Gasteiger partial charge in [0.2, 0.25) is 0 Å². The molecule has 0 spiro atoms. The number of amidine groups is 1. The van der Waals surface area contributed by atoms with E-state index < -0.39 is 6.04 Å². The van der Waals surface area contributed by atoms with Crippen molar-refractivity contribution in [2.45, 2.75) is 36.6 Å². The zero-order chi connectivity index (χ0) is 22.9. The molecule has 6 nitrogen and oxygen atoms in total. The van der Waals surface area contributed by atoms with Gasteiger partial charge in [0, 0.05) is 29.1 Å². The number of hydrogen-bond donors (Lipinski definition) is 6. The summed E-state index contributed by atoms with van der Waals surface area (Å²) in [4.78, 5) is 13.1. The standard InChI is InChI=1S/C24H33N5OS2/c1-32-12-10-20(23(25)26)29-24(30)19-8-7-18(28-15-21-22(31)9-11-27-21)14-17(19)13-16-5-3-2-4-6-16/h2-8,14,20-22,27-28,31H,9-13,15H2,1H3,(H3,25,26)(H,29,30)/t20-,21?,22?/m0/s1. The summed E-state index contributed by atoms with van der Waals surface area (Å²) in [6, 6.07) is 15.8. The van der Waals surface area contributed by atoms with Crippen LogP contribution in [0.3, 0.4) is 0 Å². The van der Waals surface area contributed by atoms with E-state index in [9.17, 15) is 4.79 Å². The smallest absolute Gasteiger partial charge is 0.252 e. The molecule has 172 valence electrons. The van der Waals surface area contributed by atoms with Crippen LogP contribution in [0.1, 0.15) is 34.3 Å². The number of carbonyl (C=O) groups excluding carboxylic acids is 1. The number of benzene rings is 2. The van der Waals surface area contributed by atoms with Gasteiger partial charge in [-0.1, -0.05) is 30.3 Å². The van der Waals surface area contributed by atoms with E-state index in [-0.39, 0.29) is 11.7 Å². The van der Waals surface area contributed by atoms with Crippen molar-refractivity contribution in [3.05, 3.63) is 65.2 Å². The molecule has 1 fully saturated rings. The zero-order valence-electron chi connectivity index (χ0n) is 18.4. The predicted octanol–water partition coefficient (Wildman–Crippen LogP) is 3.14. The van der Waals surface area contributed by atoms with Gasteiger partial charge in [0.1, 0.15) is 5.84 Å². The summed E-state index contributed by atoms with van der Waals surface area (Å²) in [5.41, 5.74) is 9.40.